The van der Waals surface area contributed by atoms with Crippen LogP contribution in [0, 0.1) is 6.92 Å². The third kappa shape index (κ3) is 2.31. The summed E-state index contributed by atoms with van der Waals surface area (Å²) in [5, 5.41) is 3.29. The molecule has 2 aromatic rings. The summed E-state index contributed by atoms with van der Waals surface area (Å²) in [7, 11) is 0. The van der Waals surface area contributed by atoms with Gasteiger partial charge in [0, 0.05) is 10.9 Å². The first-order valence-corrected chi connectivity index (χ1v) is 7.70. The molecule has 1 aliphatic rings. The molecule has 1 aromatic carbocycles. The molecule has 2 heterocycles. The average Bonchev–Trinajstić information content (AvgIpc) is 2.98. The molecule has 5 heteroatoms. The number of thiazole rings is 1. The van der Waals surface area contributed by atoms with Gasteiger partial charge in [-0.15, -0.1) is 11.3 Å². The number of ketones is 1. The Kier molecular flexibility index (Phi) is 3.16. The highest BCUT2D eigenvalue weighted by Gasteiger charge is 2.25. The lowest BCUT2D eigenvalue weighted by Gasteiger charge is -1.98. The molecule has 0 spiro atoms. The number of carbonyl (C=O) groups excluding carboxylic acids is 1. The van der Waals surface area contributed by atoms with E-state index >= 15 is 0 Å². The Morgan fingerprint density at radius 1 is 1.26 bits per heavy atom. The lowest BCUT2D eigenvalue weighted by molar-refractivity contribution is -0.111. The molecule has 3 nitrogen and oxygen atoms in total. The number of nitrogens with two attached hydrogens (primary N) is 1. The van der Waals surface area contributed by atoms with Crippen molar-refractivity contribution in [3.63, 3.8) is 0 Å². The summed E-state index contributed by atoms with van der Waals surface area (Å²) >= 11 is 2.86. The maximum absolute atomic E-state index is 11.8. The number of nitrogens with zero attached hydrogens (tertiary/aromatic N) is 1. The fourth-order valence-corrected chi connectivity index (χ4v) is 3.65. The number of aromatic nitrogens is 1. The topological polar surface area (TPSA) is 56.0 Å². The second-order valence-electron chi connectivity index (χ2n) is 4.36. The summed E-state index contributed by atoms with van der Waals surface area (Å²) in [6.45, 7) is 2.05. The Labute approximate surface area is 119 Å². The van der Waals surface area contributed by atoms with E-state index in [9.17, 15) is 4.79 Å². The maximum atomic E-state index is 11.8. The molecule has 1 aliphatic heterocycles. The van der Waals surface area contributed by atoms with Crippen LogP contribution in [0.1, 0.15) is 10.6 Å². The maximum Gasteiger partial charge on any atom is 0.178 e. The van der Waals surface area contributed by atoms with Crippen LogP contribution in [0.25, 0.3) is 16.8 Å². The lowest BCUT2D eigenvalue weighted by atomic mass is 10.1. The quantitative estimate of drug-likeness (QED) is 0.922. The van der Waals surface area contributed by atoms with E-state index in [0.29, 0.717) is 16.4 Å². The summed E-state index contributed by atoms with van der Waals surface area (Å²) < 4.78 is 0. The van der Waals surface area contributed by atoms with Crippen molar-refractivity contribution in [2.45, 2.75) is 6.92 Å². The monoisotopic (exact) mass is 288 g/mol. The number of Topliss-reactive ketones (excluding diaryl/α,β-unsaturated/α-hetero) is 1. The molecule has 0 saturated carbocycles. The van der Waals surface area contributed by atoms with E-state index in [2.05, 4.69) is 24.0 Å². The van der Waals surface area contributed by atoms with Gasteiger partial charge in [-0.05, 0) is 6.92 Å². The van der Waals surface area contributed by atoms with Crippen LogP contribution in [0.2, 0.25) is 0 Å². The highest BCUT2D eigenvalue weighted by molar-refractivity contribution is 8.04. The number of benzene rings is 1. The highest BCUT2D eigenvalue weighted by Crippen LogP contribution is 2.35. The second kappa shape index (κ2) is 4.83. The molecular weight excluding hydrogens is 276 g/mol. The van der Waals surface area contributed by atoms with Gasteiger partial charge in [0.25, 0.3) is 0 Å². The van der Waals surface area contributed by atoms with Gasteiger partial charge in [0.2, 0.25) is 0 Å². The molecule has 2 N–H and O–H groups in total. The minimum Gasteiger partial charge on any atom is -0.393 e. The van der Waals surface area contributed by atoms with Crippen molar-refractivity contribution in [1.29, 1.82) is 0 Å². The van der Waals surface area contributed by atoms with E-state index in [-0.39, 0.29) is 5.78 Å². The van der Waals surface area contributed by atoms with Gasteiger partial charge in [-0.1, -0.05) is 41.6 Å². The summed E-state index contributed by atoms with van der Waals surface area (Å²) in [4.78, 5) is 16.3. The normalized spacial score (nSPS) is 15.3. The molecule has 0 aliphatic carbocycles. The molecule has 0 atom stereocenters. The molecule has 0 amide bonds. The number of aryl methyl sites for hydroxylation is 1. The Hall–Kier alpha value is -1.59. The van der Waals surface area contributed by atoms with Crippen LogP contribution in [-0.2, 0) is 4.79 Å². The predicted molar refractivity (Wildman–Crippen MR) is 80.9 cm³/mol. The summed E-state index contributed by atoms with van der Waals surface area (Å²) in [5.41, 5.74) is 9.62. The average molecular weight is 288 g/mol. The summed E-state index contributed by atoms with van der Waals surface area (Å²) in [5.74, 6) is 0.507. The minimum absolute atomic E-state index is 0.0762. The van der Waals surface area contributed by atoms with Gasteiger partial charge >= 0.3 is 0 Å². The number of carbonyl (C=O) groups is 1. The van der Waals surface area contributed by atoms with Crippen LogP contribution in [0.4, 0.5) is 0 Å². The zero-order valence-corrected chi connectivity index (χ0v) is 12.0. The van der Waals surface area contributed by atoms with Crippen molar-refractivity contribution in [3.8, 4) is 11.3 Å². The second-order valence-corrected chi connectivity index (χ2v) is 6.23. The molecule has 19 heavy (non-hydrogen) atoms. The molecule has 0 bridgehead atoms. The molecule has 96 valence electrons. The zero-order valence-electron chi connectivity index (χ0n) is 10.3. The molecule has 0 unspecified atom stereocenters. The van der Waals surface area contributed by atoms with Gasteiger partial charge in [-0.2, -0.15) is 0 Å². The molecule has 0 saturated heterocycles. The van der Waals surface area contributed by atoms with Crippen molar-refractivity contribution in [2.75, 3.05) is 5.75 Å². The molecule has 0 radical (unpaired) electrons. The van der Waals surface area contributed by atoms with Crippen molar-refractivity contribution in [3.05, 3.63) is 45.2 Å². The van der Waals surface area contributed by atoms with Crippen LogP contribution in [0.15, 0.2) is 34.7 Å². The number of hydrogen-bond donors (Lipinski definition) is 1. The third-order valence-corrected chi connectivity index (χ3v) is 4.73. The van der Waals surface area contributed by atoms with E-state index in [1.165, 1.54) is 28.7 Å². The van der Waals surface area contributed by atoms with Gasteiger partial charge in [-0.3, -0.25) is 4.79 Å². The van der Waals surface area contributed by atoms with E-state index in [4.69, 9.17) is 5.73 Å². The molecular formula is C14H12N2OS2. The fraction of sp³-hybridized carbons (Fsp3) is 0.143. The number of thioether (sulfide) groups is 1. The fourth-order valence-electron chi connectivity index (χ4n) is 1.90. The van der Waals surface area contributed by atoms with Crippen LogP contribution >= 0.6 is 23.1 Å². The number of allylic oxidation sites excluding steroid dienone is 1. The van der Waals surface area contributed by atoms with Crippen LogP contribution in [0.5, 0.6) is 0 Å². The van der Waals surface area contributed by atoms with Crippen molar-refractivity contribution in [1.82, 2.24) is 4.98 Å². The van der Waals surface area contributed by atoms with Crippen molar-refractivity contribution in [2.24, 2.45) is 5.73 Å². The van der Waals surface area contributed by atoms with E-state index in [0.717, 1.165) is 16.3 Å². The summed E-state index contributed by atoms with van der Waals surface area (Å²) in [6.07, 6.45) is 0. The lowest BCUT2D eigenvalue weighted by Crippen LogP contribution is -2.01. The Morgan fingerprint density at radius 3 is 2.63 bits per heavy atom. The Morgan fingerprint density at radius 2 is 2.00 bits per heavy atom. The van der Waals surface area contributed by atoms with Gasteiger partial charge in [0.05, 0.1) is 22.0 Å². The van der Waals surface area contributed by atoms with Gasteiger partial charge < -0.3 is 5.73 Å². The standard InChI is InChI=1S/C14H12N2OS2/c1-8-2-4-9(5-3-8)10-6-19-14(16-10)12-11(17)7-18-13(12)15/h2-6H,7,15H2,1H3. The van der Waals surface area contributed by atoms with Gasteiger partial charge in [-0.25, -0.2) is 4.98 Å². The third-order valence-electron chi connectivity index (χ3n) is 2.95. The number of rotatable bonds is 2. The highest BCUT2D eigenvalue weighted by atomic mass is 32.2. The van der Waals surface area contributed by atoms with Crippen LogP contribution in [-0.4, -0.2) is 16.5 Å². The zero-order chi connectivity index (χ0) is 13.4. The Bertz CT molecular complexity index is 671. The number of hydrogen-bond acceptors (Lipinski definition) is 5. The predicted octanol–water partition coefficient (Wildman–Crippen LogP) is 3.06. The smallest absolute Gasteiger partial charge is 0.178 e. The van der Waals surface area contributed by atoms with Gasteiger partial charge in [0.1, 0.15) is 5.01 Å². The molecule has 3 rings (SSSR count). The SMILES string of the molecule is Cc1ccc(-c2csc(C3=C(N)SCC3=O)n2)cc1. The molecule has 1 aromatic heterocycles. The minimum atomic E-state index is 0.0762. The first-order valence-electron chi connectivity index (χ1n) is 5.84. The van der Waals surface area contributed by atoms with Crippen LogP contribution in [0.3, 0.4) is 0 Å². The first kappa shape index (κ1) is 12.4. The van der Waals surface area contributed by atoms with Crippen molar-refractivity contribution >= 4 is 34.5 Å². The van der Waals surface area contributed by atoms with Crippen molar-refractivity contribution < 1.29 is 4.79 Å². The van der Waals surface area contributed by atoms with Crippen LogP contribution < -0.4 is 5.73 Å². The first-order chi connectivity index (χ1) is 9.15. The van der Waals surface area contributed by atoms with E-state index in [1.54, 1.807) is 0 Å². The Balaban J connectivity index is 1.98. The molecule has 0 fully saturated rings. The largest absolute Gasteiger partial charge is 0.393 e. The van der Waals surface area contributed by atoms with E-state index < -0.39 is 0 Å². The van der Waals surface area contributed by atoms with Gasteiger partial charge in [0.15, 0.2) is 5.78 Å². The summed E-state index contributed by atoms with van der Waals surface area (Å²) in [6, 6.07) is 8.19. The van der Waals surface area contributed by atoms with E-state index in [1.807, 2.05) is 17.5 Å².